The summed E-state index contributed by atoms with van der Waals surface area (Å²) in [5, 5.41) is 6.03. The molecule has 3 aromatic heterocycles. The van der Waals surface area contributed by atoms with Crippen LogP contribution in [-0.4, -0.2) is 65.8 Å². The number of amides is 1. The number of hydrogen-bond donors (Lipinski definition) is 2. The number of carbonyl (C=O) groups is 1. The summed E-state index contributed by atoms with van der Waals surface area (Å²) in [7, 11) is -0.824. The number of anilines is 3. The largest absolute Gasteiger partial charge is 0.491 e. The quantitative estimate of drug-likeness (QED) is 0.333. The summed E-state index contributed by atoms with van der Waals surface area (Å²) in [4.78, 5) is 29.3. The number of carbonyl (C=O) groups excluding carboxylic acids is 1. The maximum absolute atomic E-state index is 14.1. The number of benzene rings is 1. The van der Waals surface area contributed by atoms with Crippen molar-refractivity contribution in [2.75, 3.05) is 36.6 Å². The zero-order valence-corrected chi connectivity index (χ0v) is 22.0. The molecule has 0 bridgehead atoms. The molecule has 1 amide bonds. The monoisotopic (exact) mass is 558 g/mol. The van der Waals surface area contributed by atoms with Gasteiger partial charge in [0.05, 0.1) is 30.8 Å². The number of hydrogen-bond acceptors (Lipinski definition) is 9. The van der Waals surface area contributed by atoms with Crippen LogP contribution < -0.4 is 19.7 Å². The summed E-state index contributed by atoms with van der Waals surface area (Å²) in [5.41, 5.74) is 1.77. The zero-order chi connectivity index (χ0) is 27.9. The van der Waals surface area contributed by atoms with Gasteiger partial charge in [0.2, 0.25) is 16.0 Å². The third-order valence-corrected chi connectivity index (χ3v) is 7.49. The molecule has 39 heavy (non-hydrogen) atoms. The van der Waals surface area contributed by atoms with E-state index in [-0.39, 0.29) is 41.3 Å². The third kappa shape index (κ3) is 4.92. The normalized spacial score (nSPS) is 12.9. The molecule has 1 aliphatic heterocycles. The van der Waals surface area contributed by atoms with E-state index in [9.17, 15) is 22.0 Å². The fourth-order valence-corrected chi connectivity index (χ4v) is 4.84. The van der Waals surface area contributed by atoms with Gasteiger partial charge in [-0.25, -0.2) is 27.2 Å². The van der Waals surface area contributed by atoms with Crippen molar-refractivity contribution in [1.82, 2.24) is 29.8 Å². The van der Waals surface area contributed by atoms with Crippen molar-refractivity contribution in [3.05, 3.63) is 59.3 Å². The average molecular weight is 559 g/mol. The molecule has 5 rings (SSSR count). The number of nitrogens with one attached hydrogen (secondary N) is 2. The second-order valence-electron chi connectivity index (χ2n) is 8.76. The first kappa shape index (κ1) is 26.2. The highest BCUT2D eigenvalue weighted by molar-refractivity contribution is 7.92. The lowest BCUT2D eigenvalue weighted by molar-refractivity contribution is 0.0962. The van der Waals surface area contributed by atoms with Gasteiger partial charge in [-0.2, -0.15) is 4.98 Å². The van der Waals surface area contributed by atoms with Crippen molar-refractivity contribution in [3.8, 4) is 5.75 Å². The van der Waals surface area contributed by atoms with Crippen LogP contribution in [0.1, 0.15) is 33.7 Å². The highest BCUT2D eigenvalue weighted by atomic mass is 32.2. The molecule has 4 aromatic rings. The molecular weight excluding hydrogens is 534 g/mol. The Morgan fingerprint density at radius 2 is 2.00 bits per heavy atom. The molecule has 0 fully saturated rings. The predicted molar refractivity (Wildman–Crippen MR) is 139 cm³/mol. The Morgan fingerprint density at radius 3 is 2.72 bits per heavy atom. The first-order valence-electron chi connectivity index (χ1n) is 11.7. The molecule has 204 valence electrons. The summed E-state index contributed by atoms with van der Waals surface area (Å²) in [6.07, 6.45) is 2.80. The third-order valence-electron chi connectivity index (χ3n) is 6.32. The smallest absolute Gasteiger partial charge is 0.278 e. The van der Waals surface area contributed by atoms with Crippen molar-refractivity contribution in [2.45, 2.75) is 19.4 Å². The summed E-state index contributed by atoms with van der Waals surface area (Å²) < 4.78 is 60.3. The van der Waals surface area contributed by atoms with Gasteiger partial charge in [-0.05, 0) is 18.2 Å². The van der Waals surface area contributed by atoms with Crippen molar-refractivity contribution in [1.29, 1.82) is 0 Å². The molecule has 0 spiro atoms. The molecule has 0 atom stereocenters. The summed E-state index contributed by atoms with van der Waals surface area (Å²) in [6, 6.07) is 4.61. The van der Waals surface area contributed by atoms with E-state index in [4.69, 9.17) is 4.74 Å². The highest BCUT2D eigenvalue weighted by Gasteiger charge is 2.25. The minimum absolute atomic E-state index is 0.0124. The highest BCUT2D eigenvalue weighted by Crippen LogP contribution is 2.38. The minimum atomic E-state index is -3.68. The topological polar surface area (TPSA) is 144 Å². The lowest BCUT2D eigenvalue weighted by Gasteiger charge is -2.19. The Morgan fingerprint density at radius 1 is 1.23 bits per heavy atom. The number of sulfonamides is 1. The van der Waals surface area contributed by atoms with Crippen LogP contribution in [-0.2, 0) is 23.0 Å². The van der Waals surface area contributed by atoms with Gasteiger partial charge < -0.3 is 19.9 Å². The lowest BCUT2D eigenvalue weighted by Crippen LogP contribution is -2.27. The number of alkyl halides is 2. The number of halogens is 2. The number of aromatic nitrogens is 5. The second-order valence-corrected chi connectivity index (χ2v) is 10.8. The molecule has 4 heterocycles. The number of rotatable bonds is 8. The first-order chi connectivity index (χ1) is 18.6. The van der Waals surface area contributed by atoms with E-state index in [1.165, 1.54) is 36.3 Å². The van der Waals surface area contributed by atoms with Crippen LogP contribution in [0.15, 0.2) is 36.8 Å². The lowest BCUT2D eigenvalue weighted by atomic mass is 10.0. The number of nitrogens with zero attached hydrogens (tertiary/aromatic N) is 6. The molecule has 0 saturated heterocycles. The Labute approximate surface area is 222 Å². The number of ether oxygens (including phenoxy) is 1. The van der Waals surface area contributed by atoms with Gasteiger partial charge in [-0.3, -0.25) is 14.1 Å². The van der Waals surface area contributed by atoms with Crippen molar-refractivity contribution in [2.24, 2.45) is 0 Å². The first-order valence-corrected chi connectivity index (χ1v) is 13.6. The molecule has 0 saturated carbocycles. The second kappa shape index (κ2) is 10.1. The van der Waals surface area contributed by atoms with Crippen LogP contribution in [0.2, 0.25) is 0 Å². The average Bonchev–Trinajstić information content (AvgIpc) is 3.54. The fraction of sp³-hybridized carbons (Fsp3) is 0.292. The van der Waals surface area contributed by atoms with Gasteiger partial charge in [0.25, 0.3) is 12.3 Å². The summed E-state index contributed by atoms with van der Waals surface area (Å²) in [5.74, 6) is 0.388. The van der Waals surface area contributed by atoms with E-state index >= 15 is 0 Å². The fourth-order valence-electron chi connectivity index (χ4n) is 4.37. The molecule has 1 aliphatic rings. The molecule has 12 nitrogen and oxygen atoms in total. The van der Waals surface area contributed by atoms with E-state index in [2.05, 4.69) is 30.6 Å². The van der Waals surface area contributed by atoms with Gasteiger partial charge in [-0.15, -0.1) is 0 Å². The molecule has 0 radical (unpaired) electrons. The molecule has 0 aliphatic carbocycles. The number of fused-ring (bicyclic) bond motifs is 2. The van der Waals surface area contributed by atoms with Crippen LogP contribution in [0.5, 0.6) is 5.75 Å². The van der Waals surface area contributed by atoms with E-state index in [0.29, 0.717) is 35.4 Å². The van der Waals surface area contributed by atoms with Crippen LogP contribution in [0.4, 0.5) is 26.2 Å². The van der Waals surface area contributed by atoms with Gasteiger partial charge >= 0.3 is 0 Å². The Kier molecular flexibility index (Phi) is 6.76. The van der Waals surface area contributed by atoms with Crippen LogP contribution in [0, 0.1) is 0 Å². The van der Waals surface area contributed by atoms with E-state index in [1.807, 2.05) is 0 Å². The molecular formula is C24H24F2N8O4S. The minimum Gasteiger partial charge on any atom is -0.491 e. The SMILES string of the molecule is CNC(=O)c1ccc(Nc2ncc3cc(C(F)F)n(Cc4nccnc4N(C)S(C)(=O)=O)c3n2)c2c1CCO2. The van der Waals surface area contributed by atoms with Gasteiger partial charge in [0.15, 0.2) is 5.82 Å². The van der Waals surface area contributed by atoms with E-state index in [0.717, 1.165) is 16.1 Å². The molecule has 0 unspecified atom stereocenters. The van der Waals surface area contributed by atoms with Gasteiger partial charge in [0.1, 0.15) is 17.1 Å². The predicted octanol–water partition coefficient (Wildman–Crippen LogP) is 2.64. The molecule has 15 heteroatoms. The van der Waals surface area contributed by atoms with Crippen LogP contribution in [0.3, 0.4) is 0 Å². The van der Waals surface area contributed by atoms with Crippen molar-refractivity contribution < 1.29 is 26.7 Å². The van der Waals surface area contributed by atoms with Gasteiger partial charge in [-0.1, -0.05) is 0 Å². The Bertz CT molecular complexity index is 1690. The summed E-state index contributed by atoms with van der Waals surface area (Å²) >= 11 is 0. The standard InChI is InChI=1S/C24H24F2N8O4S/c1-27-23(35)15-4-5-16(19-14(15)6-9-38-19)31-24-30-11-13-10-18(20(25)26)34(21(13)32-24)12-17-22(29-8-7-28-17)33(2)39(3,36)37/h4-5,7-8,10-11,20H,6,9,12H2,1-3H3,(H,27,35)(H,30,31,32). The molecule has 2 N–H and O–H groups in total. The Balaban J connectivity index is 1.56. The Hall–Kier alpha value is -4.40. The molecule has 1 aromatic carbocycles. The van der Waals surface area contributed by atoms with E-state index < -0.39 is 16.4 Å². The van der Waals surface area contributed by atoms with Crippen LogP contribution >= 0.6 is 0 Å². The van der Waals surface area contributed by atoms with E-state index in [1.54, 1.807) is 19.2 Å². The van der Waals surface area contributed by atoms with Crippen LogP contribution in [0.25, 0.3) is 11.0 Å². The zero-order valence-electron chi connectivity index (χ0n) is 21.1. The van der Waals surface area contributed by atoms with Crippen molar-refractivity contribution >= 4 is 44.4 Å². The summed E-state index contributed by atoms with van der Waals surface area (Å²) in [6.45, 7) is 0.183. The van der Waals surface area contributed by atoms with Crippen molar-refractivity contribution in [3.63, 3.8) is 0 Å². The van der Waals surface area contributed by atoms with Gasteiger partial charge in [0, 0.05) is 55.6 Å². The maximum atomic E-state index is 14.1. The maximum Gasteiger partial charge on any atom is 0.278 e.